The number of carboxylic acids is 1. The third-order valence-corrected chi connectivity index (χ3v) is 4.15. The van der Waals surface area contributed by atoms with Crippen LogP contribution in [0.2, 0.25) is 0 Å². The Kier molecular flexibility index (Phi) is 4.05. The van der Waals surface area contributed by atoms with E-state index in [1.54, 1.807) is 0 Å². The summed E-state index contributed by atoms with van der Waals surface area (Å²) < 4.78 is 0. The molecule has 0 bridgehead atoms. The Balaban J connectivity index is 2.00. The second-order valence-electron chi connectivity index (χ2n) is 5.71. The molecule has 2 heterocycles. The average molecular weight is 240 g/mol. The van der Waals surface area contributed by atoms with Gasteiger partial charge in [0.25, 0.3) is 0 Å². The first-order valence-corrected chi connectivity index (χ1v) is 6.80. The summed E-state index contributed by atoms with van der Waals surface area (Å²) in [6.45, 7) is 8.11. The van der Waals surface area contributed by atoms with Crippen LogP contribution in [0.3, 0.4) is 0 Å². The van der Waals surface area contributed by atoms with Crippen LogP contribution in [0.5, 0.6) is 0 Å². The van der Waals surface area contributed by atoms with Crippen LogP contribution >= 0.6 is 0 Å². The Morgan fingerprint density at radius 3 is 2.65 bits per heavy atom. The maximum absolute atomic E-state index is 11.3. The standard InChI is InChI=1S/C13H24N2O2/c1-10(2)12(13(16)17)15-8-7-14-6-4-3-5-11(14)9-15/h10-12H,3-9H2,1-2H3,(H,16,17). The first kappa shape index (κ1) is 12.8. The third kappa shape index (κ3) is 2.80. The summed E-state index contributed by atoms with van der Waals surface area (Å²) in [7, 11) is 0. The highest BCUT2D eigenvalue weighted by Crippen LogP contribution is 2.24. The molecule has 0 aromatic heterocycles. The Bertz CT molecular complexity index is 281. The molecule has 98 valence electrons. The zero-order valence-corrected chi connectivity index (χ0v) is 10.9. The van der Waals surface area contributed by atoms with Crippen molar-refractivity contribution in [1.82, 2.24) is 9.80 Å². The number of hydrogen-bond acceptors (Lipinski definition) is 3. The van der Waals surface area contributed by atoms with E-state index in [9.17, 15) is 9.90 Å². The topological polar surface area (TPSA) is 43.8 Å². The Hall–Kier alpha value is -0.610. The summed E-state index contributed by atoms with van der Waals surface area (Å²) in [5.41, 5.74) is 0. The molecule has 0 spiro atoms. The van der Waals surface area contributed by atoms with E-state index >= 15 is 0 Å². The molecule has 2 rings (SSSR count). The van der Waals surface area contributed by atoms with E-state index in [2.05, 4.69) is 9.80 Å². The van der Waals surface area contributed by atoms with Gasteiger partial charge in [0.2, 0.25) is 0 Å². The summed E-state index contributed by atoms with van der Waals surface area (Å²) in [6.07, 6.45) is 3.85. The fraction of sp³-hybridized carbons (Fsp3) is 0.923. The summed E-state index contributed by atoms with van der Waals surface area (Å²) in [5, 5.41) is 9.34. The van der Waals surface area contributed by atoms with Crippen LogP contribution in [0.15, 0.2) is 0 Å². The van der Waals surface area contributed by atoms with Crippen molar-refractivity contribution in [1.29, 1.82) is 0 Å². The van der Waals surface area contributed by atoms with Gasteiger partial charge in [0.1, 0.15) is 6.04 Å². The lowest BCUT2D eigenvalue weighted by atomic mass is 9.96. The molecule has 0 amide bonds. The molecule has 4 heteroatoms. The van der Waals surface area contributed by atoms with Gasteiger partial charge in [-0.2, -0.15) is 0 Å². The number of hydrogen-bond donors (Lipinski definition) is 1. The van der Waals surface area contributed by atoms with Crippen molar-refractivity contribution in [2.24, 2.45) is 5.92 Å². The number of carbonyl (C=O) groups is 1. The van der Waals surface area contributed by atoms with E-state index in [0.29, 0.717) is 6.04 Å². The maximum Gasteiger partial charge on any atom is 0.321 e. The van der Waals surface area contributed by atoms with Crippen molar-refractivity contribution in [3.63, 3.8) is 0 Å². The molecular formula is C13H24N2O2. The van der Waals surface area contributed by atoms with Gasteiger partial charge in [-0.1, -0.05) is 20.3 Å². The van der Waals surface area contributed by atoms with E-state index in [0.717, 1.165) is 19.6 Å². The van der Waals surface area contributed by atoms with Gasteiger partial charge in [0.15, 0.2) is 0 Å². The minimum absolute atomic E-state index is 0.183. The molecule has 4 nitrogen and oxygen atoms in total. The van der Waals surface area contributed by atoms with Gasteiger partial charge in [0.05, 0.1) is 0 Å². The van der Waals surface area contributed by atoms with Gasteiger partial charge in [-0.3, -0.25) is 14.6 Å². The van der Waals surface area contributed by atoms with Crippen molar-refractivity contribution in [3.05, 3.63) is 0 Å². The molecule has 2 unspecified atom stereocenters. The van der Waals surface area contributed by atoms with Gasteiger partial charge in [-0.25, -0.2) is 0 Å². The van der Waals surface area contributed by atoms with Gasteiger partial charge in [0, 0.05) is 25.7 Å². The fourth-order valence-electron chi connectivity index (χ4n) is 3.30. The highest BCUT2D eigenvalue weighted by atomic mass is 16.4. The predicted molar refractivity (Wildman–Crippen MR) is 67.0 cm³/mol. The molecular weight excluding hydrogens is 216 g/mol. The van der Waals surface area contributed by atoms with Crippen molar-refractivity contribution < 1.29 is 9.90 Å². The quantitative estimate of drug-likeness (QED) is 0.806. The molecule has 0 aromatic rings. The first-order valence-electron chi connectivity index (χ1n) is 6.80. The zero-order valence-electron chi connectivity index (χ0n) is 10.9. The fourth-order valence-corrected chi connectivity index (χ4v) is 3.30. The van der Waals surface area contributed by atoms with E-state index in [1.807, 2.05) is 13.8 Å². The molecule has 2 aliphatic heterocycles. The van der Waals surface area contributed by atoms with Crippen molar-refractivity contribution in [2.45, 2.75) is 45.2 Å². The molecule has 0 aliphatic carbocycles. The zero-order chi connectivity index (χ0) is 12.4. The monoisotopic (exact) mass is 240 g/mol. The molecule has 0 radical (unpaired) electrons. The van der Waals surface area contributed by atoms with Gasteiger partial charge >= 0.3 is 5.97 Å². The van der Waals surface area contributed by atoms with Gasteiger partial charge in [-0.15, -0.1) is 0 Å². The molecule has 1 N–H and O–H groups in total. The normalized spacial score (nSPS) is 29.0. The van der Waals surface area contributed by atoms with E-state index in [4.69, 9.17) is 0 Å². The van der Waals surface area contributed by atoms with Gasteiger partial charge in [-0.05, 0) is 25.3 Å². The van der Waals surface area contributed by atoms with Crippen LogP contribution in [-0.2, 0) is 4.79 Å². The molecule has 2 aliphatic rings. The second-order valence-corrected chi connectivity index (χ2v) is 5.71. The Morgan fingerprint density at radius 1 is 1.24 bits per heavy atom. The average Bonchev–Trinajstić information content (AvgIpc) is 2.28. The molecule has 17 heavy (non-hydrogen) atoms. The number of piperidine rings is 1. The minimum Gasteiger partial charge on any atom is -0.480 e. The predicted octanol–water partition coefficient (Wildman–Crippen LogP) is 1.27. The number of rotatable bonds is 3. The van der Waals surface area contributed by atoms with Crippen LogP contribution in [0.4, 0.5) is 0 Å². The number of aliphatic carboxylic acids is 1. The van der Waals surface area contributed by atoms with Crippen molar-refractivity contribution >= 4 is 5.97 Å². The molecule has 0 aromatic carbocycles. The second kappa shape index (κ2) is 5.36. The third-order valence-electron chi connectivity index (χ3n) is 4.15. The number of nitrogens with zero attached hydrogens (tertiary/aromatic N) is 2. The van der Waals surface area contributed by atoms with E-state index in [1.165, 1.54) is 25.8 Å². The van der Waals surface area contributed by atoms with Crippen molar-refractivity contribution in [3.8, 4) is 0 Å². The van der Waals surface area contributed by atoms with E-state index in [-0.39, 0.29) is 12.0 Å². The smallest absolute Gasteiger partial charge is 0.321 e. The Labute approximate surface area is 104 Å². The number of carboxylic acid groups (broad SMARTS) is 1. The van der Waals surface area contributed by atoms with Crippen LogP contribution in [0.1, 0.15) is 33.1 Å². The lowest BCUT2D eigenvalue weighted by molar-refractivity contribution is -0.146. The van der Waals surface area contributed by atoms with Crippen LogP contribution in [0, 0.1) is 5.92 Å². The SMILES string of the molecule is CC(C)C(C(=O)O)N1CCN2CCCCC2C1. The first-order chi connectivity index (χ1) is 8.09. The largest absolute Gasteiger partial charge is 0.480 e. The number of fused-ring (bicyclic) bond motifs is 1. The highest BCUT2D eigenvalue weighted by Gasteiger charge is 2.35. The summed E-state index contributed by atoms with van der Waals surface area (Å²) >= 11 is 0. The van der Waals surface area contributed by atoms with Crippen LogP contribution in [-0.4, -0.2) is 59.1 Å². The molecule has 0 saturated carbocycles. The summed E-state index contributed by atoms with van der Waals surface area (Å²) in [4.78, 5) is 16.1. The maximum atomic E-state index is 11.3. The summed E-state index contributed by atoms with van der Waals surface area (Å²) in [6, 6.07) is 0.289. The van der Waals surface area contributed by atoms with Crippen LogP contribution < -0.4 is 0 Å². The molecule has 2 fully saturated rings. The minimum atomic E-state index is -0.663. The Morgan fingerprint density at radius 2 is 2.00 bits per heavy atom. The lowest BCUT2D eigenvalue weighted by Crippen LogP contribution is -2.59. The van der Waals surface area contributed by atoms with Gasteiger partial charge < -0.3 is 5.11 Å². The van der Waals surface area contributed by atoms with Crippen LogP contribution in [0.25, 0.3) is 0 Å². The molecule has 2 saturated heterocycles. The van der Waals surface area contributed by atoms with E-state index < -0.39 is 5.97 Å². The van der Waals surface area contributed by atoms with Crippen molar-refractivity contribution in [2.75, 3.05) is 26.2 Å². The highest BCUT2D eigenvalue weighted by molar-refractivity contribution is 5.73. The summed E-state index contributed by atoms with van der Waals surface area (Å²) in [5.74, 6) is -0.480. The molecule has 2 atom stereocenters. The number of piperazine rings is 1. The lowest BCUT2D eigenvalue weighted by Gasteiger charge is -2.46.